The highest BCUT2D eigenvalue weighted by Crippen LogP contribution is 2.27. The molecule has 1 aliphatic rings. The third-order valence-electron chi connectivity index (χ3n) is 3.82. The van der Waals surface area contributed by atoms with E-state index in [-0.39, 0.29) is 0 Å². The van der Waals surface area contributed by atoms with E-state index in [0.717, 1.165) is 11.3 Å². The molecule has 0 aliphatic heterocycles. The Labute approximate surface area is 124 Å². The van der Waals surface area contributed by atoms with Gasteiger partial charge in [-0.15, -0.1) is 0 Å². The summed E-state index contributed by atoms with van der Waals surface area (Å²) in [5, 5.41) is 3.40. The summed E-state index contributed by atoms with van der Waals surface area (Å²) in [5.74, 6) is 1.08. The predicted molar refractivity (Wildman–Crippen MR) is 80.9 cm³/mol. The molecular weight excluding hydrogens is 266 g/mol. The molecule has 0 unspecified atom stereocenters. The summed E-state index contributed by atoms with van der Waals surface area (Å²) in [7, 11) is 3.20. The lowest BCUT2D eigenvalue weighted by molar-refractivity contribution is 0.363. The highest BCUT2D eigenvalue weighted by Gasteiger charge is 2.14. The van der Waals surface area contributed by atoms with E-state index in [1.165, 1.54) is 36.7 Å². The number of fused-ring (bicyclic) bond motifs is 1. The number of benzene rings is 1. The van der Waals surface area contributed by atoms with Crippen molar-refractivity contribution >= 4 is 5.69 Å². The summed E-state index contributed by atoms with van der Waals surface area (Å²) >= 11 is 0. The van der Waals surface area contributed by atoms with Crippen LogP contribution in [0.15, 0.2) is 24.5 Å². The lowest BCUT2D eigenvalue weighted by atomic mass is 10.1. The molecule has 5 nitrogen and oxygen atoms in total. The summed E-state index contributed by atoms with van der Waals surface area (Å²) in [6.45, 7) is 0.561. The minimum atomic E-state index is 0.538. The molecule has 1 heterocycles. The number of anilines is 1. The molecule has 0 spiro atoms. The highest BCUT2D eigenvalue weighted by molar-refractivity contribution is 5.51. The van der Waals surface area contributed by atoms with E-state index in [2.05, 4.69) is 33.5 Å². The molecule has 110 valence electrons. The van der Waals surface area contributed by atoms with Crippen LogP contribution in [0.5, 0.6) is 11.8 Å². The highest BCUT2D eigenvalue weighted by atomic mass is 16.5. The van der Waals surface area contributed by atoms with Gasteiger partial charge in [0.2, 0.25) is 11.8 Å². The first-order chi connectivity index (χ1) is 10.3. The van der Waals surface area contributed by atoms with Crippen LogP contribution >= 0.6 is 0 Å². The van der Waals surface area contributed by atoms with E-state index in [1.54, 1.807) is 14.2 Å². The number of nitrogens with one attached hydrogen (secondary N) is 1. The molecule has 0 atom stereocenters. The van der Waals surface area contributed by atoms with Gasteiger partial charge in [-0.25, -0.2) is 9.97 Å². The zero-order chi connectivity index (χ0) is 14.7. The molecule has 0 amide bonds. The molecule has 1 N–H and O–H groups in total. The first-order valence-electron chi connectivity index (χ1n) is 7.09. The summed E-state index contributed by atoms with van der Waals surface area (Å²) in [5.41, 5.74) is 4.84. The van der Waals surface area contributed by atoms with Gasteiger partial charge in [-0.2, -0.15) is 0 Å². The van der Waals surface area contributed by atoms with Crippen molar-refractivity contribution in [3.8, 4) is 11.8 Å². The average Bonchev–Trinajstić information content (AvgIpc) is 3.00. The number of aryl methyl sites for hydroxylation is 2. The van der Waals surface area contributed by atoms with Crippen molar-refractivity contribution in [1.82, 2.24) is 9.97 Å². The van der Waals surface area contributed by atoms with Crippen LogP contribution in [0.2, 0.25) is 0 Å². The van der Waals surface area contributed by atoms with Crippen LogP contribution in [0.1, 0.15) is 23.1 Å². The standard InChI is InChI=1S/C16H19N3O2/c1-20-15-14(16(21-2)19-10-18-15)9-17-13-7-6-11-4-3-5-12(11)8-13/h6-8,10,17H,3-5,9H2,1-2H3. The van der Waals surface area contributed by atoms with E-state index in [0.29, 0.717) is 18.3 Å². The summed E-state index contributed by atoms with van der Waals surface area (Å²) in [4.78, 5) is 8.25. The fraction of sp³-hybridized carbons (Fsp3) is 0.375. The van der Waals surface area contributed by atoms with Gasteiger partial charge in [0.15, 0.2) is 0 Å². The molecule has 5 heteroatoms. The van der Waals surface area contributed by atoms with Crippen molar-refractivity contribution in [3.63, 3.8) is 0 Å². The van der Waals surface area contributed by atoms with Crippen molar-refractivity contribution < 1.29 is 9.47 Å². The third kappa shape index (κ3) is 2.77. The SMILES string of the molecule is COc1ncnc(OC)c1CNc1ccc2c(c1)CCC2. The van der Waals surface area contributed by atoms with Gasteiger partial charge in [0.25, 0.3) is 0 Å². The monoisotopic (exact) mass is 285 g/mol. The number of rotatable bonds is 5. The molecule has 0 fully saturated rings. The minimum absolute atomic E-state index is 0.538. The molecule has 0 bridgehead atoms. The Morgan fingerprint density at radius 1 is 1.05 bits per heavy atom. The second-order valence-corrected chi connectivity index (χ2v) is 5.06. The Bertz CT molecular complexity index is 621. The second-order valence-electron chi connectivity index (χ2n) is 5.06. The smallest absolute Gasteiger partial charge is 0.225 e. The van der Waals surface area contributed by atoms with E-state index in [4.69, 9.17) is 9.47 Å². The topological polar surface area (TPSA) is 56.3 Å². The van der Waals surface area contributed by atoms with E-state index in [9.17, 15) is 0 Å². The Hall–Kier alpha value is -2.30. The van der Waals surface area contributed by atoms with Crippen molar-refractivity contribution in [1.29, 1.82) is 0 Å². The molecule has 2 aromatic rings. The van der Waals surface area contributed by atoms with Gasteiger partial charge in [-0.3, -0.25) is 0 Å². The van der Waals surface area contributed by atoms with E-state index in [1.807, 2.05) is 0 Å². The van der Waals surface area contributed by atoms with Crippen LogP contribution in [0, 0.1) is 0 Å². The molecule has 0 saturated heterocycles. The van der Waals surface area contributed by atoms with Crippen LogP contribution in [0.25, 0.3) is 0 Å². The Balaban J connectivity index is 1.78. The second kappa shape index (κ2) is 5.99. The van der Waals surface area contributed by atoms with Gasteiger partial charge in [-0.05, 0) is 42.5 Å². The number of ether oxygens (including phenoxy) is 2. The molecule has 3 rings (SSSR count). The molecule has 0 saturated carbocycles. The molecule has 1 aliphatic carbocycles. The lowest BCUT2D eigenvalue weighted by Crippen LogP contribution is -2.07. The van der Waals surface area contributed by atoms with Crippen molar-refractivity contribution in [2.24, 2.45) is 0 Å². The van der Waals surface area contributed by atoms with Gasteiger partial charge in [-0.1, -0.05) is 6.07 Å². The minimum Gasteiger partial charge on any atom is -0.481 e. The maximum absolute atomic E-state index is 5.28. The predicted octanol–water partition coefficient (Wildman–Crippen LogP) is 2.59. The van der Waals surface area contributed by atoms with Gasteiger partial charge in [0, 0.05) is 5.69 Å². The lowest BCUT2D eigenvalue weighted by Gasteiger charge is -2.13. The summed E-state index contributed by atoms with van der Waals surface area (Å²) in [6, 6.07) is 6.55. The molecule has 21 heavy (non-hydrogen) atoms. The van der Waals surface area contributed by atoms with Gasteiger partial charge < -0.3 is 14.8 Å². The summed E-state index contributed by atoms with van der Waals surface area (Å²) in [6.07, 6.45) is 5.07. The third-order valence-corrected chi connectivity index (χ3v) is 3.82. The number of hydrogen-bond acceptors (Lipinski definition) is 5. The van der Waals surface area contributed by atoms with Gasteiger partial charge in [0.1, 0.15) is 6.33 Å². The van der Waals surface area contributed by atoms with Crippen LogP contribution in [-0.2, 0) is 19.4 Å². The number of aromatic nitrogens is 2. The van der Waals surface area contributed by atoms with E-state index >= 15 is 0 Å². The van der Waals surface area contributed by atoms with Gasteiger partial charge in [0.05, 0.1) is 26.3 Å². The van der Waals surface area contributed by atoms with Gasteiger partial charge >= 0.3 is 0 Å². The first kappa shape index (κ1) is 13.7. The zero-order valence-electron chi connectivity index (χ0n) is 12.3. The van der Waals surface area contributed by atoms with Crippen molar-refractivity contribution in [2.45, 2.75) is 25.8 Å². The van der Waals surface area contributed by atoms with Crippen LogP contribution in [0.4, 0.5) is 5.69 Å². The molecule has 0 radical (unpaired) electrons. The fourth-order valence-corrected chi connectivity index (χ4v) is 2.76. The summed E-state index contributed by atoms with van der Waals surface area (Å²) < 4.78 is 10.6. The van der Waals surface area contributed by atoms with Crippen molar-refractivity contribution in [2.75, 3.05) is 19.5 Å². The molecule has 1 aromatic carbocycles. The van der Waals surface area contributed by atoms with Crippen LogP contribution in [-0.4, -0.2) is 24.2 Å². The van der Waals surface area contributed by atoms with Crippen LogP contribution < -0.4 is 14.8 Å². The Morgan fingerprint density at radius 3 is 2.48 bits per heavy atom. The van der Waals surface area contributed by atoms with E-state index < -0.39 is 0 Å². The maximum Gasteiger partial charge on any atom is 0.225 e. The molecule has 1 aromatic heterocycles. The average molecular weight is 285 g/mol. The Kier molecular flexibility index (Phi) is 3.90. The number of hydrogen-bond donors (Lipinski definition) is 1. The number of methoxy groups -OCH3 is 2. The zero-order valence-corrected chi connectivity index (χ0v) is 12.3. The number of nitrogens with zero attached hydrogens (tertiary/aromatic N) is 2. The first-order valence-corrected chi connectivity index (χ1v) is 7.09. The largest absolute Gasteiger partial charge is 0.481 e. The maximum atomic E-state index is 5.28. The van der Waals surface area contributed by atoms with Crippen molar-refractivity contribution in [3.05, 3.63) is 41.2 Å². The molecular formula is C16H19N3O2. The quantitative estimate of drug-likeness (QED) is 0.915. The Morgan fingerprint density at radius 2 is 1.76 bits per heavy atom. The normalized spacial score (nSPS) is 12.9. The fourth-order valence-electron chi connectivity index (χ4n) is 2.76. The van der Waals surface area contributed by atoms with Crippen LogP contribution in [0.3, 0.4) is 0 Å².